The van der Waals surface area contributed by atoms with E-state index in [1.54, 1.807) is 7.05 Å². The number of benzene rings is 1. The van der Waals surface area contributed by atoms with Crippen molar-refractivity contribution in [2.24, 2.45) is 0 Å². The van der Waals surface area contributed by atoms with Crippen LogP contribution in [0.1, 0.15) is 26.7 Å². The Morgan fingerprint density at radius 1 is 1.41 bits per heavy atom. The molecule has 0 fully saturated rings. The van der Waals surface area contributed by atoms with Gasteiger partial charge in [0.15, 0.2) is 0 Å². The first-order chi connectivity index (χ1) is 7.89. The topological polar surface area (TPSA) is 57.6 Å². The standard InChI is InChI=1S/C12H19NO3S/c1-4-6-10(2)13(3)17(15,16)12-8-5-7-11(14)9-12/h5,7-10,14H,4,6H2,1-3H3. The predicted octanol–water partition coefficient (Wildman–Crippen LogP) is 2.20. The van der Waals surface area contributed by atoms with Gasteiger partial charge >= 0.3 is 0 Å². The summed E-state index contributed by atoms with van der Waals surface area (Å²) in [6.45, 7) is 3.90. The summed E-state index contributed by atoms with van der Waals surface area (Å²) < 4.78 is 25.8. The highest BCUT2D eigenvalue weighted by Crippen LogP contribution is 2.21. The maximum absolute atomic E-state index is 12.2. The molecule has 1 unspecified atom stereocenters. The summed E-state index contributed by atoms with van der Waals surface area (Å²) in [6, 6.07) is 5.69. The van der Waals surface area contributed by atoms with Crippen molar-refractivity contribution in [1.82, 2.24) is 4.31 Å². The van der Waals surface area contributed by atoms with E-state index in [4.69, 9.17) is 0 Å². The van der Waals surface area contributed by atoms with Crippen molar-refractivity contribution in [2.45, 2.75) is 37.6 Å². The van der Waals surface area contributed by atoms with Crippen LogP contribution in [-0.2, 0) is 10.0 Å². The van der Waals surface area contributed by atoms with Crippen LogP contribution >= 0.6 is 0 Å². The van der Waals surface area contributed by atoms with Crippen molar-refractivity contribution in [3.8, 4) is 5.75 Å². The van der Waals surface area contributed by atoms with Crippen molar-refractivity contribution in [1.29, 1.82) is 0 Å². The van der Waals surface area contributed by atoms with Gasteiger partial charge in [-0.15, -0.1) is 0 Å². The summed E-state index contributed by atoms with van der Waals surface area (Å²) in [5, 5.41) is 9.32. The second-order valence-electron chi connectivity index (χ2n) is 4.16. The zero-order valence-corrected chi connectivity index (χ0v) is 11.2. The lowest BCUT2D eigenvalue weighted by Gasteiger charge is -2.23. The molecule has 0 saturated carbocycles. The zero-order valence-electron chi connectivity index (χ0n) is 10.4. The van der Waals surface area contributed by atoms with E-state index in [9.17, 15) is 13.5 Å². The smallest absolute Gasteiger partial charge is 0.243 e. The van der Waals surface area contributed by atoms with Crippen LogP contribution in [0.15, 0.2) is 29.2 Å². The van der Waals surface area contributed by atoms with Crippen LogP contribution in [0.2, 0.25) is 0 Å². The number of phenolic OH excluding ortho intramolecular Hbond substituents is 1. The Morgan fingerprint density at radius 2 is 2.06 bits per heavy atom. The monoisotopic (exact) mass is 257 g/mol. The van der Waals surface area contributed by atoms with E-state index in [2.05, 4.69) is 0 Å². The quantitative estimate of drug-likeness (QED) is 0.879. The number of rotatable bonds is 5. The number of hydrogen-bond donors (Lipinski definition) is 1. The number of phenols is 1. The Morgan fingerprint density at radius 3 is 2.59 bits per heavy atom. The molecule has 1 atom stereocenters. The van der Waals surface area contributed by atoms with Crippen molar-refractivity contribution < 1.29 is 13.5 Å². The minimum atomic E-state index is -3.51. The fourth-order valence-corrected chi connectivity index (χ4v) is 3.08. The molecular weight excluding hydrogens is 238 g/mol. The summed E-state index contributed by atoms with van der Waals surface area (Å²) in [4.78, 5) is 0.128. The molecule has 0 amide bonds. The third kappa shape index (κ3) is 3.20. The first-order valence-electron chi connectivity index (χ1n) is 5.66. The van der Waals surface area contributed by atoms with Crippen molar-refractivity contribution in [3.05, 3.63) is 24.3 Å². The van der Waals surface area contributed by atoms with Crippen LogP contribution in [0.4, 0.5) is 0 Å². The zero-order chi connectivity index (χ0) is 13.1. The highest BCUT2D eigenvalue weighted by molar-refractivity contribution is 7.89. The molecule has 0 spiro atoms. The number of nitrogens with zero attached hydrogens (tertiary/aromatic N) is 1. The van der Waals surface area contributed by atoms with Crippen LogP contribution in [0.3, 0.4) is 0 Å². The van der Waals surface area contributed by atoms with Crippen LogP contribution < -0.4 is 0 Å². The molecule has 0 saturated heterocycles. The molecule has 0 aliphatic heterocycles. The highest BCUT2D eigenvalue weighted by Gasteiger charge is 2.24. The molecule has 1 aromatic carbocycles. The SMILES string of the molecule is CCCC(C)N(C)S(=O)(=O)c1cccc(O)c1. The summed E-state index contributed by atoms with van der Waals surface area (Å²) >= 11 is 0. The van der Waals surface area contributed by atoms with Crippen LogP contribution in [0.25, 0.3) is 0 Å². The van der Waals surface area contributed by atoms with Gasteiger partial charge in [0.05, 0.1) is 4.90 Å². The molecule has 5 heteroatoms. The van der Waals surface area contributed by atoms with Gasteiger partial charge in [-0.1, -0.05) is 19.4 Å². The second kappa shape index (κ2) is 5.51. The summed E-state index contributed by atoms with van der Waals surface area (Å²) in [6.07, 6.45) is 1.75. The predicted molar refractivity (Wildman–Crippen MR) is 67.4 cm³/mol. The van der Waals surface area contributed by atoms with Crippen molar-refractivity contribution >= 4 is 10.0 Å². The molecule has 0 bridgehead atoms. The minimum Gasteiger partial charge on any atom is -0.508 e. The maximum atomic E-state index is 12.2. The largest absolute Gasteiger partial charge is 0.508 e. The van der Waals surface area contributed by atoms with Gasteiger partial charge in [0, 0.05) is 13.1 Å². The second-order valence-corrected chi connectivity index (χ2v) is 6.15. The Hall–Kier alpha value is -1.07. The van der Waals surface area contributed by atoms with E-state index in [1.165, 1.54) is 28.6 Å². The van der Waals surface area contributed by atoms with Gasteiger partial charge in [-0.2, -0.15) is 4.31 Å². The van der Waals surface area contributed by atoms with E-state index >= 15 is 0 Å². The summed E-state index contributed by atoms with van der Waals surface area (Å²) in [7, 11) is -1.94. The van der Waals surface area contributed by atoms with E-state index in [-0.39, 0.29) is 16.7 Å². The number of aromatic hydroxyl groups is 1. The van der Waals surface area contributed by atoms with E-state index < -0.39 is 10.0 Å². The first kappa shape index (κ1) is 14.0. The molecule has 0 radical (unpaired) electrons. The van der Waals surface area contributed by atoms with Gasteiger partial charge in [-0.05, 0) is 31.5 Å². The van der Waals surface area contributed by atoms with Gasteiger partial charge < -0.3 is 5.11 Å². The molecular formula is C12H19NO3S. The van der Waals surface area contributed by atoms with E-state index in [1.807, 2.05) is 13.8 Å². The van der Waals surface area contributed by atoms with Crippen LogP contribution in [-0.4, -0.2) is 30.9 Å². The van der Waals surface area contributed by atoms with Crippen LogP contribution in [0, 0.1) is 0 Å². The molecule has 96 valence electrons. The average molecular weight is 257 g/mol. The number of hydrogen-bond acceptors (Lipinski definition) is 3. The molecule has 0 aliphatic carbocycles. The normalized spacial score (nSPS) is 13.9. The fraction of sp³-hybridized carbons (Fsp3) is 0.500. The Bertz CT molecular complexity index is 470. The lowest BCUT2D eigenvalue weighted by Crippen LogP contribution is -2.34. The lowest BCUT2D eigenvalue weighted by molar-refractivity contribution is 0.368. The molecule has 4 nitrogen and oxygen atoms in total. The molecule has 0 heterocycles. The Balaban J connectivity index is 3.03. The molecule has 1 rings (SSSR count). The van der Waals surface area contributed by atoms with Crippen molar-refractivity contribution in [2.75, 3.05) is 7.05 Å². The average Bonchev–Trinajstić information content (AvgIpc) is 2.28. The Kier molecular flexibility index (Phi) is 4.54. The van der Waals surface area contributed by atoms with Gasteiger partial charge in [0.1, 0.15) is 5.75 Å². The van der Waals surface area contributed by atoms with Gasteiger partial charge in [-0.25, -0.2) is 8.42 Å². The molecule has 0 aliphatic rings. The van der Waals surface area contributed by atoms with Crippen molar-refractivity contribution in [3.63, 3.8) is 0 Å². The molecule has 1 aromatic rings. The first-order valence-corrected chi connectivity index (χ1v) is 7.10. The fourth-order valence-electron chi connectivity index (χ4n) is 1.65. The van der Waals surface area contributed by atoms with Gasteiger partial charge in [-0.3, -0.25) is 0 Å². The summed E-state index contributed by atoms with van der Waals surface area (Å²) in [5.41, 5.74) is 0. The summed E-state index contributed by atoms with van der Waals surface area (Å²) in [5.74, 6) is -0.0392. The van der Waals surface area contributed by atoms with E-state index in [0.29, 0.717) is 0 Å². The van der Waals surface area contributed by atoms with Gasteiger partial charge in [0.2, 0.25) is 10.0 Å². The highest BCUT2D eigenvalue weighted by atomic mass is 32.2. The van der Waals surface area contributed by atoms with E-state index in [0.717, 1.165) is 12.8 Å². The lowest BCUT2D eigenvalue weighted by atomic mass is 10.2. The minimum absolute atomic E-state index is 0.0392. The Labute approximate surface area is 103 Å². The van der Waals surface area contributed by atoms with Crippen LogP contribution in [0.5, 0.6) is 5.75 Å². The third-order valence-electron chi connectivity index (χ3n) is 2.82. The van der Waals surface area contributed by atoms with Gasteiger partial charge in [0.25, 0.3) is 0 Å². The molecule has 1 N–H and O–H groups in total. The molecule has 0 aromatic heterocycles. The third-order valence-corrected chi connectivity index (χ3v) is 4.79. The number of sulfonamides is 1. The molecule has 17 heavy (non-hydrogen) atoms. The maximum Gasteiger partial charge on any atom is 0.243 e.